The Labute approximate surface area is 190 Å². The lowest BCUT2D eigenvalue weighted by Crippen LogP contribution is -2.68. The Morgan fingerprint density at radius 2 is 1.85 bits per heavy atom. The molecule has 1 heterocycles. The second-order valence-electron chi connectivity index (χ2n) is 7.83. The van der Waals surface area contributed by atoms with Crippen molar-refractivity contribution in [2.45, 2.75) is 45.8 Å². The van der Waals surface area contributed by atoms with Crippen molar-refractivity contribution >= 4 is 29.6 Å². The average molecular weight is 459 g/mol. The van der Waals surface area contributed by atoms with Gasteiger partial charge in [-0.3, -0.25) is 24.0 Å². The van der Waals surface area contributed by atoms with Crippen molar-refractivity contribution in [2.24, 2.45) is 5.92 Å². The van der Waals surface area contributed by atoms with E-state index in [-0.39, 0.29) is 36.6 Å². The summed E-state index contributed by atoms with van der Waals surface area (Å²) in [6.45, 7) is 5.22. The number of Topliss-reactive ketones (excluding diaryl/α,β-unsaturated/α-hetero) is 1. The predicted octanol–water partition coefficient (Wildman–Crippen LogP) is 1.42. The van der Waals surface area contributed by atoms with Crippen molar-refractivity contribution in [3.63, 3.8) is 0 Å². The molecule has 0 saturated carbocycles. The fourth-order valence-electron chi connectivity index (χ4n) is 4.06. The van der Waals surface area contributed by atoms with Crippen LogP contribution in [0.2, 0.25) is 0 Å². The number of hydrogen-bond donors (Lipinski definition) is 1. The second-order valence-corrected chi connectivity index (χ2v) is 7.83. The number of carbonyl (C=O) groups is 5. The number of esters is 3. The molecule has 0 saturated heterocycles. The molecule has 1 amide bonds. The molecule has 0 fully saturated rings. The molecule has 33 heavy (non-hydrogen) atoms. The fraction of sp³-hybridized carbons (Fsp3) is 0.435. The normalized spacial score (nSPS) is 22.8. The monoisotopic (exact) mass is 459 g/mol. The third kappa shape index (κ3) is 4.74. The zero-order chi connectivity index (χ0) is 24.3. The number of amides is 1. The van der Waals surface area contributed by atoms with E-state index in [1.165, 1.54) is 32.9 Å². The number of ketones is 1. The first-order valence-electron chi connectivity index (χ1n) is 10.4. The van der Waals surface area contributed by atoms with Gasteiger partial charge in [-0.05, 0) is 37.1 Å². The fourth-order valence-corrected chi connectivity index (χ4v) is 4.06. The van der Waals surface area contributed by atoms with Gasteiger partial charge in [0.05, 0.1) is 12.5 Å². The summed E-state index contributed by atoms with van der Waals surface area (Å²) < 4.78 is 21.7. The highest BCUT2D eigenvalue weighted by Crippen LogP contribution is 2.47. The Morgan fingerprint density at radius 3 is 2.48 bits per heavy atom. The number of rotatable bonds is 6. The number of allylic oxidation sites excluding steroid dienone is 1. The van der Waals surface area contributed by atoms with Crippen molar-refractivity contribution in [2.75, 3.05) is 13.2 Å². The van der Waals surface area contributed by atoms with Crippen LogP contribution in [0.15, 0.2) is 24.3 Å². The van der Waals surface area contributed by atoms with Gasteiger partial charge in [-0.2, -0.15) is 0 Å². The summed E-state index contributed by atoms with van der Waals surface area (Å²) in [5, 5.41) is 2.61. The van der Waals surface area contributed by atoms with Crippen LogP contribution in [-0.2, 0) is 28.7 Å². The summed E-state index contributed by atoms with van der Waals surface area (Å²) in [4.78, 5) is 61.5. The van der Waals surface area contributed by atoms with Crippen molar-refractivity contribution < 1.29 is 42.9 Å². The highest BCUT2D eigenvalue weighted by molar-refractivity contribution is 6.09. The van der Waals surface area contributed by atoms with Crippen molar-refractivity contribution in [3.05, 3.63) is 35.4 Å². The number of fused-ring (bicyclic) bond motifs is 2. The molecule has 0 aromatic heterocycles. The number of nitrogens with one attached hydrogen (secondary N) is 1. The summed E-state index contributed by atoms with van der Waals surface area (Å²) in [5.41, 5.74) is -1.24. The van der Waals surface area contributed by atoms with Gasteiger partial charge in [-0.1, -0.05) is 6.08 Å². The molecule has 1 aromatic carbocycles. The highest BCUT2D eigenvalue weighted by atomic mass is 16.6. The summed E-state index contributed by atoms with van der Waals surface area (Å²) in [6, 6.07) is 3.09. The molecule has 10 heteroatoms. The molecular weight excluding hydrogens is 434 g/mol. The molecule has 10 nitrogen and oxygen atoms in total. The Bertz CT molecular complexity index is 1040. The minimum Gasteiger partial charge on any atom is -0.471 e. The molecule has 0 bridgehead atoms. The van der Waals surface area contributed by atoms with Crippen molar-refractivity contribution in [1.29, 1.82) is 0 Å². The number of benzene rings is 1. The van der Waals surface area contributed by atoms with Crippen LogP contribution < -0.4 is 14.8 Å². The van der Waals surface area contributed by atoms with Crippen molar-refractivity contribution in [1.82, 2.24) is 5.32 Å². The Balaban J connectivity index is 2.08. The summed E-state index contributed by atoms with van der Waals surface area (Å²) in [7, 11) is 0. The summed E-state index contributed by atoms with van der Waals surface area (Å²) in [6.07, 6.45) is 2.07. The number of aryl methyl sites for hydroxylation is 1. The lowest BCUT2D eigenvalue weighted by Gasteiger charge is -2.46. The maximum absolute atomic E-state index is 13.6. The first-order chi connectivity index (χ1) is 15.6. The van der Waals surface area contributed by atoms with E-state index in [2.05, 4.69) is 5.32 Å². The Kier molecular flexibility index (Phi) is 6.85. The predicted molar refractivity (Wildman–Crippen MR) is 113 cm³/mol. The van der Waals surface area contributed by atoms with Crippen LogP contribution in [-0.4, -0.2) is 54.5 Å². The van der Waals surface area contributed by atoms with E-state index >= 15 is 0 Å². The van der Waals surface area contributed by atoms with Crippen LogP contribution >= 0.6 is 0 Å². The molecule has 0 radical (unpaired) electrons. The van der Waals surface area contributed by atoms with E-state index in [1.807, 2.05) is 0 Å². The SMILES string of the molecule is CC(=O)OCCNC(=O)[C@]12Oc3cc(C)cc(OC(C)=O)c3C(=O)C1CC=C[C@H]2OC(C)=O. The molecule has 176 valence electrons. The second kappa shape index (κ2) is 9.43. The van der Waals surface area contributed by atoms with Gasteiger partial charge in [-0.15, -0.1) is 0 Å². The van der Waals surface area contributed by atoms with Crippen LogP contribution in [0.4, 0.5) is 0 Å². The number of carbonyl (C=O) groups excluding carboxylic acids is 5. The lowest BCUT2D eigenvalue weighted by molar-refractivity contribution is -0.169. The molecule has 1 aliphatic carbocycles. The third-order valence-corrected chi connectivity index (χ3v) is 5.27. The molecule has 1 aromatic rings. The van der Waals surface area contributed by atoms with E-state index in [0.717, 1.165) is 0 Å². The Morgan fingerprint density at radius 1 is 1.12 bits per heavy atom. The third-order valence-electron chi connectivity index (χ3n) is 5.27. The standard InChI is InChI=1S/C23H25NO9/c1-12-10-17(31-14(3)26)20-18(11-12)33-23(22(29)24-8-9-30-13(2)25)16(21(20)28)6-5-7-19(23)32-15(4)27/h5,7,10-11,16,19H,6,8-9H2,1-4H3,(H,24,29)/t16?,19-,23+/m1/s1. The van der Waals surface area contributed by atoms with Gasteiger partial charge >= 0.3 is 17.9 Å². The molecule has 2 aliphatic rings. The molecule has 3 atom stereocenters. The topological polar surface area (TPSA) is 134 Å². The maximum Gasteiger partial charge on any atom is 0.308 e. The zero-order valence-electron chi connectivity index (χ0n) is 18.8. The molecule has 1 N–H and O–H groups in total. The average Bonchev–Trinajstić information content (AvgIpc) is 2.70. The first kappa shape index (κ1) is 24.0. The molecule has 3 rings (SSSR count). The first-order valence-corrected chi connectivity index (χ1v) is 10.4. The van der Waals surface area contributed by atoms with Crippen LogP contribution in [0, 0.1) is 12.8 Å². The van der Waals surface area contributed by atoms with Crippen molar-refractivity contribution in [3.8, 4) is 11.5 Å². The van der Waals surface area contributed by atoms with E-state index in [0.29, 0.717) is 5.56 Å². The quantitative estimate of drug-likeness (QED) is 0.290. The van der Waals surface area contributed by atoms with Gasteiger partial charge in [0, 0.05) is 20.8 Å². The van der Waals surface area contributed by atoms with Crippen LogP contribution in [0.3, 0.4) is 0 Å². The number of ether oxygens (including phenoxy) is 4. The maximum atomic E-state index is 13.6. The number of hydrogen-bond acceptors (Lipinski definition) is 9. The van der Waals surface area contributed by atoms with E-state index in [4.69, 9.17) is 18.9 Å². The summed E-state index contributed by atoms with van der Waals surface area (Å²) in [5.74, 6) is -3.97. The molecular formula is C23H25NO9. The van der Waals surface area contributed by atoms with E-state index in [9.17, 15) is 24.0 Å². The highest BCUT2D eigenvalue weighted by Gasteiger charge is 2.62. The lowest BCUT2D eigenvalue weighted by atomic mass is 9.70. The largest absolute Gasteiger partial charge is 0.471 e. The summed E-state index contributed by atoms with van der Waals surface area (Å²) >= 11 is 0. The smallest absolute Gasteiger partial charge is 0.308 e. The van der Waals surface area contributed by atoms with E-state index < -0.39 is 47.2 Å². The van der Waals surface area contributed by atoms with Crippen LogP contribution in [0.25, 0.3) is 0 Å². The Hall–Kier alpha value is -3.69. The minimum absolute atomic E-state index is 0.0324. The van der Waals surface area contributed by atoms with Gasteiger partial charge in [0.25, 0.3) is 5.91 Å². The van der Waals surface area contributed by atoms with Gasteiger partial charge in [0.2, 0.25) is 5.60 Å². The van der Waals surface area contributed by atoms with Crippen LogP contribution in [0.5, 0.6) is 11.5 Å². The van der Waals surface area contributed by atoms with Gasteiger partial charge in [0.15, 0.2) is 11.9 Å². The van der Waals surface area contributed by atoms with E-state index in [1.54, 1.807) is 19.1 Å². The van der Waals surface area contributed by atoms with Crippen LogP contribution in [0.1, 0.15) is 43.1 Å². The molecule has 0 spiro atoms. The van der Waals surface area contributed by atoms with Gasteiger partial charge < -0.3 is 24.3 Å². The van der Waals surface area contributed by atoms with Gasteiger partial charge in [0.1, 0.15) is 23.7 Å². The minimum atomic E-state index is -1.90. The molecule has 1 unspecified atom stereocenters. The van der Waals surface area contributed by atoms with Gasteiger partial charge in [-0.25, -0.2) is 0 Å². The zero-order valence-corrected chi connectivity index (χ0v) is 18.8. The molecule has 1 aliphatic heterocycles.